The topological polar surface area (TPSA) is 49.4 Å². The van der Waals surface area contributed by atoms with Crippen LogP contribution in [0, 0.1) is 0 Å². The molecule has 1 N–H and O–H groups in total. The molecular formula is C16H18Cl2N2O2. The second-order valence-corrected chi connectivity index (χ2v) is 6.00. The molecule has 1 aromatic carbocycles. The van der Waals surface area contributed by atoms with Gasteiger partial charge in [0.25, 0.3) is 0 Å². The molecule has 2 rings (SSSR count). The Morgan fingerprint density at radius 1 is 1.41 bits per heavy atom. The monoisotopic (exact) mass is 340 g/mol. The van der Waals surface area contributed by atoms with Gasteiger partial charge in [0.1, 0.15) is 0 Å². The van der Waals surface area contributed by atoms with E-state index in [2.05, 4.69) is 11.9 Å². The van der Waals surface area contributed by atoms with Crippen molar-refractivity contribution in [3.63, 3.8) is 0 Å². The van der Waals surface area contributed by atoms with Gasteiger partial charge in [-0.2, -0.15) is 0 Å². The molecule has 1 atom stereocenters. The third-order valence-electron chi connectivity index (χ3n) is 3.71. The summed E-state index contributed by atoms with van der Waals surface area (Å²) >= 11 is 12.3. The molecule has 1 aliphatic rings. The van der Waals surface area contributed by atoms with Crippen LogP contribution in [0.25, 0.3) is 0 Å². The van der Waals surface area contributed by atoms with Gasteiger partial charge in [-0.05, 0) is 42.7 Å². The molecule has 1 unspecified atom stereocenters. The van der Waals surface area contributed by atoms with Crippen molar-refractivity contribution in [1.82, 2.24) is 10.2 Å². The fourth-order valence-corrected chi connectivity index (χ4v) is 3.09. The Morgan fingerprint density at radius 3 is 2.91 bits per heavy atom. The van der Waals surface area contributed by atoms with Crippen LogP contribution in [0.3, 0.4) is 0 Å². The van der Waals surface area contributed by atoms with E-state index in [0.29, 0.717) is 23.1 Å². The Labute approximate surface area is 140 Å². The molecule has 0 aliphatic carbocycles. The first kappa shape index (κ1) is 16.8. The maximum absolute atomic E-state index is 12.4. The van der Waals surface area contributed by atoms with E-state index in [-0.39, 0.29) is 24.3 Å². The first-order valence-corrected chi connectivity index (χ1v) is 7.93. The van der Waals surface area contributed by atoms with Gasteiger partial charge in [-0.15, -0.1) is 0 Å². The van der Waals surface area contributed by atoms with Gasteiger partial charge in [0, 0.05) is 29.6 Å². The van der Waals surface area contributed by atoms with Crippen LogP contribution in [0.4, 0.5) is 0 Å². The largest absolute Gasteiger partial charge is 0.352 e. The van der Waals surface area contributed by atoms with E-state index < -0.39 is 0 Å². The minimum atomic E-state index is -0.274. The zero-order valence-corrected chi connectivity index (χ0v) is 13.7. The molecule has 6 heteroatoms. The molecule has 1 aliphatic heterocycles. The van der Waals surface area contributed by atoms with Crippen LogP contribution in [0.5, 0.6) is 0 Å². The Balaban J connectivity index is 2.03. The summed E-state index contributed by atoms with van der Waals surface area (Å²) in [6.07, 6.45) is 3.24. The van der Waals surface area contributed by atoms with Gasteiger partial charge in [-0.3, -0.25) is 9.59 Å². The van der Waals surface area contributed by atoms with Crippen LogP contribution in [0.15, 0.2) is 30.9 Å². The number of carbonyl (C=O) groups excluding carboxylic acids is 2. The number of likely N-dealkylation sites (tertiary alicyclic amines) is 1. The summed E-state index contributed by atoms with van der Waals surface area (Å²) in [6, 6.07) is 5.26. The van der Waals surface area contributed by atoms with E-state index in [1.165, 1.54) is 6.08 Å². The highest BCUT2D eigenvalue weighted by molar-refractivity contribution is 6.33. The van der Waals surface area contributed by atoms with Crippen LogP contribution in [0.1, 0.15) is 30.9 Å². The summed E-state index contributed by atoms with van der Waals surface area (Å²) < 4.78 is 0. The molecule has 1 fully saturated rings. The first-order chi connectivity index (χ1) is 10.5. The molecule has 118 valence electrons. The van der Waals surface area contributed by atoms with Crippen LogP contribution < -0.4 is 5.32 Å². The van der Waals surface area contributed by atoms with Gasteiger partial charge in [0.05, 0.1) is 6.04 Å². The minimum Gasteiger partial charge on any atom is -0.352 e. The van der Waals surface area contributed by atoms with Crippen LogP contribution in [-0.4, -0.2) is 29.8 Å². The molecule has 1 saturated heterocycles. The number of carbonyl (C=O) groups is 2. The van der Waals surface area contributed by atoms with Crippen molar-refractivity contribution in [1.29, 1.82) is 0 Å². The van der Waals surface area contributed by atoms with Crippen LogP contribution in [0.2, 0.25) is 10.0 Å². The summed E-state index contributed by atoms with van der Waals surface area (Å²) in [7, 11) is 0. The number of benzene rings is 1. The Kier molecular flexibility index (Phi) is 5.86. The lowest BCUT2D eigenvalue weighted by Crippen LogP contribution is -2.34. The maximum atomic E-state index is 12.4. The summed E-state index contributed by atoms with van der Waals surface area (Å²) in [5, 5.41) is 3.84. The molecule has 0 spiro atoms. The zero-order chi connectivity index (χ0) is 16.1. The summed E-state index contributed by atoms with van der Waals surface area (Å²) in [4.78, 5) is 25.3. The lowest BCUT2D eigenvalue weighted by molar-refractivity contribution is -0.132. The number of nitrogens with one attached hydrogen (secondary N) is 1. The molecule has 2 amide bonds. The second kappa shape index (κ2) is 7.65. The molecule has 4 nitrogen and oxygen atoms in total. The molecular weight excluding hydrogens is 323 g/mol. The third kappa shape index (κ3) is 4.02. The highest BCUT2D eigenvalue weighted by atomic mass is 35.5. The lowest BCUT2D eigenvalue weighted by atomic mass is 10.0. The zero-order valence-electron chi connectivity index (χ0n) is 12.1. The van der Waals surface area contributed by atoms with Gasteiger partial charge >= 0.3 is 0 Å². The van der Waals surface area contributed by atoms with Gasteiger partial charge in [0.2, 0.25) is 11.8 Å². The highest BCUT2D eigenvalue weighted by Crippen LogP contribution is 2.37. The third-order valence-corrected chi connectivity index (χ3v) is 4.29. The summed E-state index contributed by atoms with van der Waals surface area (Å²) in [6.45, 7) is 4.37. The normalized spacial score (nSPS) is 17.4. The molecule has 0 bridgehead atoms. The Hall–Kier alpha value is -1.52. The number of rotatable bonds is 5. The molecule has 1 heterocycles. The maximum Gasteiger partial charge on any atom is 0.243 e. The quantitative estimate of drug-likeness (QED) is 0.835. The fraction of sp³-hybridized carbons (Fsp3) is 0.375. The van der Waals surface area contributed by atoms with Crippen molar-refractivity contribution in [3.8, 4) is 0 Å². The van der Waals surface area contributed by atoms with Crippen molar-refractivity contribution in [2.75, 3.05) is 13.1 Å². The molecule has 0 saturated carbocycles. The Morgan fingerprint density at radius 2 is 2.18 bits per heavy atom. The van der Waals surface area contributed by atoms with E-state index in [1.54, 1.807) is 12.1 Å². The SMILES string of the molecule is C=CC(=O)NCCC(=O)N1CCCC1c1cc(Cl)ccc1Cl. The van der Waals surface area contributed by atoms with Crippen LogP contribution >= 0.6 is 23.2 Å². The predicted molar refractivity (Wildman–Crippen MR) is 88.0 cm³/mol. The highest BCUT2D eigenvalue weighted by Gasteiger charge is 2.30. The van der Waals surface area contributed by atoms with E-state index in [1.807, 2.05) is 11.0 Å². The van der Waals surface area contributed by atoms with Gasteiger partial charge in [-0.25, -0.2) is 0 Å². The molecule has 22 heavy (non-hydrogen) atoms. The van der Waals surface area contributed by atoms with Crippen molar-refractivity contribution in [3.05, 3.63) is 46.5 Å². The number of nitrogens with zero attached hydrogens (tertiary/aromatic N) is 1. The second-order valence-electron chi connectivity index (χ2n) is 5.16. The van der Waals surface area contributed by atoms with Crippen molar-refractivity contribution < 1.29 is 9.59 Å². The van der Waals surface area contributed by atoms with E-state index in [0.717, 1.165) is 18.4 Å². The number of amides is 2. The summed E-state index contributed by atoms with van der Waals surface area (Å²) in [5.74, 6) is -0.272. The minimum absolute atomic E-state index is 0.00269. The molecule has 0 radical (unpaired) electrons. The first-order valence-electron chi connectivity index (χ1n) is 7.17. The van der Waals surface area contributed by atoms with E-state index in [9.17, 15) is 9.59 Å². The lowest BCUT2D eigenvalue weighted by Gasteiger charge is -2.26. The van der Waals surface area contributed by atoms with E-state index >= 15 is 0 Å². The van der Waals surface area contributed by atoms with Gasteiger partial charge in [-0.1, -0.05) is 29.8 Å². The van der Waals surface area contributed by atoms with Gasteiger partial charge in [0.15, 0.2) is 0 Å². The van der Waals surface area contributed by atoms with Crippen molar-refractivity contribution in [2.24, 2.45) is 0 Å². The van der Waals surface area contributed by atoms with Crippen molar-refractivity contribution in [2.45, 2.75) is 25.3 Å². The van der Waals surface area contributed by atoms with Crippen LogP contribution in [-0.2, 0) is 9.59 Å². The number of hydrogen-bond donors (Lipinski definition) is 1. The standard InChI is InChI=1S/C16H18Cl2N2O2/c1-2-15(21)19-8-7-16(22)20-9-3-4-14(20)12-10-11(17)5-6-13(12)18/h2,5-6,10,14H,1,3-4,7-9H2,(H,19,21). The average molecular weight is 341 g/mol. The smallest absolute Gasteiger partial charge is 0.243 e. The van der Waals surface area contributed by atoms with E-state index in [4.69, 9.17) is 23.2 Å². The fourth-order valence-electron chi connectivity index (χ4n) is 2.67. The number of halogens is 2. The van der Waals surface area contributed by atoms with Crippen molar-refractivity contribution >= 4 is 35.0 Å². The molecule has 1 aromatic rings. The van der Waals surface area contributed by atoms with Gasteiger partial charge < -0.3 is 10.2 Å². The Bertz CT molecular complexity index is 590. The molecule has 0 aromatic heterocycles. The predicted octanol–water partition coefficient (Wildman–Crippen LogP) is 3.35. The summed E-state index contributed by atoms with van der Waals surface area (Å²) in [5.41, 5.74) is 0.884. The average Bonchev–Trinajstić information content (AvgIpc) is 2.98. The number of hydrogen-bond acceptors (Lipinski definition) is 2.